The lowest BCUT2D eigenvalue weighted by Crippen LogP contribution is -2.30. The number of nitrogens with zero attached hydrogens (tertiary/aromatic N) is 1. The van der Waals surface area contributed by atoms with Gasteiger partial charge in [0.2, 0.25) is 10.0 Å². The molecule has 0 aliphatic heterocycles. The minimum atomic E-state index is -3.32. The maximum Gasteiger partial charge on any atom is 0.321 e. The van der Waals surface area contributed by atoms with Crippen LogP contribution < -0.4 is 10.0 Å². The van der Waals surface area contributed by atoms with Crippen LogP contribution in [0, 0.1) is 0 Å². The van der Waals surface area contributed by atoms with E-state index < -0.39 is 10.0 Å². The first-order chi connectivity index (χ1) is 12.3. The Bertz CT molecular complexity index is 854. The molecule has 0 bridgehead atoms. The summed E-state index contributed by atoms with van der Waals surface area (Å²) in [4.78, 5) is 13.9. The highest BCUT2D eigenvalue weighted by Crippen LogP contribution is 2.19. The van der Waals surface area contributed by atoms with Crippen molar-refractivity contribution in [2.75, 3.05) is 22.8 Å². The predicted molar refractivity (Wildman–Crippen MR) is 109 cm³/mol. The molecule has 0 aliphatic carbocycles. The molecule has 0 atom stereocenters. The van der Waals surface area contributed by atoms with Gasteiger partial charge in [-0.1, -0.05) is 41.1 Å². The summed E-state index contributed by atoms with van der Waals surface area (Å²) in [5.74, 6) is 0.0747. The maximum absolute atomic E-state index is 12.3. The van der Waals surface area contributed by atoms with E-state index in [2.05, 4.69) is 26.0 Å². The van der Waals surface area contributed by atoms with Gasteiger partial charge in [-0.2, -0.15) is 0 Å². The molecule has 0 radical (unpaired) electrons. The fourth-order valence-corrected chi connectivity index (χ4v) is 3.84. The third-order valence-corrected chi connectivity index (χ3v) is 5.86. The summed E-state index contributed by atoms with van der Waals surface area (Å²) >= 11 is 3.47. The average Bonchev–Trinajstić information content (AvgIpc) is 2.58. The smallest absolute Gasteiger partial charge is 0.321 e. The van der Waals surface area contributed by atoms with E-state index in [1.807, 2.05) is 31.2 Å². The molecular weight excluding hydrogens is 418 g/mol. The number of carbonyl (C=O) groups is 1. The normalized spacial score (nSPS) is 11.0. The Morgan fingerprint density at radius 2 is 1.69 bits per heavy atom. The van der Waals surface area contributed by atoms with Crippen LogP contribution in [0.25, 0.3) is 0 Å². The molecule has 0 saturated heterocycles. The Morgan fingerprint density at radius 1 is 1.08 bits per heavy atom. The Balaban J connectivity index is 1.95. The van der Waals surface area contributed by atoms with E-state index in [0.29, 0.717) is 24.3 Å². The van der Waals surface area contributed by atoms with Gasteiger partial charge in [-0.15, -0.1) is 0 Å². The fourth-order valence-electron chi connectivity index (χ4n) is 2.29. The largest absolute Gasteiger partial charge is 0.323 e. The van der Waals surface area contributed by atoms with Crippen LogP contribution in [0.5, 0.6) is 0 Å². The number of hydrogen-bond acceptors (Lipinski definition) is 3. The molecule has 26 heavy (non-hydrogen) atoms. The molecule has 8 heteroatoms. The van der Waals surface area contributed by atoms with Crippen molar-refractivity contribution in [3.05, 3.63) is 58.6 Å². The molecule has 2 aromatic rings. The van der Waals surface area contributed by atoms with Gasteiger partial charge in [0.15, 0.2) is 0 Å². The van der Waals surface area contributed by atoms with Crippen LogP contribution >= 0.6 is 15.9 Å². The summed E-state index contributed by atoms with van der Waals surface area (Å²) in [6.07, 6.45) is 0.549. The summed E-state index contributed by atoms with van der Waals surface area (Å²) in [5, 5.41) is 2.79. The Kier molecular flexibility index (Phi) is 7.05. The van der Waals surface area contributed by atoms with E-state index in [9.17, 15) is 13.2 Å². The van der Waals surface area contributed by atoms with Crippen molar-refractivity contribution >= 4 is 43.4 Å². The lowest BCUT2D eigenvalue weighted by Gasteiger charge is -2.19. The first kappa shape index (κ1) is 20.3. The van der Waals surface area contributed by atoms with E-state index in [0.717, 1.165) is 10.0 Å². The van der Waals surface area contributed by atoms with E-state index in [4.69, 9.17) is 0 Å². The second kappa shape index (κ2) is 9.05. The lowest BCUT2D eigenvalue weighted by molar-refractivity contribution is 0.220. The van der Waals surface area contributed by atoms with Crippen LogP contribution in [0.1, 0.15) is 18.9 Å². The van der Waals surface area contributed by atoms with Gasteiger partial charge < -0.3 is 10.2 Å². The number of nitrogens with one attached hydrogen (secondary N) is 2. The van der Waals surface area contributed by atoms with Crippen molar-refractivity contribution in [3.63, 3.8) is 0 Å². The highest BCUT2D eigenvalue weighted by Gasteiger charge is 2.12. The van der Waals surface area contributed by atoms with Crippen LogP contribution in [0.2, 0.25) is 0 Å². The fraction of sp³-hybridized carbons (Fsp3) is 0.278. The third-order valence-electron chi connectivity index (χ3n) is 3.59. The number of urea groups is 1. The lowest BCUT2D eigenvalue weighted by atomic mass is 10.2. The summed E-state index contributed by atoms with van der Waals surface area (Å²) in [7, 11) is -1.61. The summed E-state index contributed by atoms with van der Waals surface area (Å²) in [5.41, 5.74) is 2.07. The molecule has 0 aliphatic rings. The Labute approximate surface area is 162 Å². The summed E-state index contributed by atoms with van der Waals surface area (Å²) in [6, 6.07) is 14.0. The number of anilines is 2. The van der Waals surface area contributed by atoms with Crippen molar-refractivity contribution in [3.8, 4) is 0 Å². The number of amides is 2. The molecule has 0 fully saturated rings. The van der Waals surface area contributed by atoms with E-state index in [-0.39, 0.29) is 11.8 Å². The van der Waals surface area contributed by atoms with Gasteiger partial charge >= 0.3 is 6.03 Å². The number of sulfonamides is 1. The topological polar surface area (TPSA) is 78.5 Å². The standard InChI is InChI=1S/C18H22BrN3O3S/c1-3-12-26(24,25)21-16-10-8-15(9-11-16)20-18(23)22(2)13-14-6-4-5-7-17(14)19/h4-11,21H,3,12-13H2,1-2H3,(H,20,23). The molecule has 2 amide bonds. The van der Waals surface area contributed by atoms with Gasteiger partial charge in [0.05, 0.1) is 5.75 Å². The highest BCUT2D eigenvalue weighted by molar-refractivity contribution is 9.10. The SMILES string of the molecule is CCCS(=O)(=O)Nc1ccc(NC(=O)N(C)Cc2ccccc2Br)cc1. The van der Waals surface area contributed by atoms with Gasteiger partial charge in [0, 0.05) is 29.4 Å². The molecule has 6 nitrogen and oxygen atoms in total. The third kappa shape index (κ3) is 6.03. The molecule has 0 heterocycles. The molecule has 0 spiro atoms. The monoisotopic (exact) mass is 439 g/mol. The molecule has 140 valence electrons. The zero-order valence-electron chi connectivity index (χ0n) is 14.7. The van der Waals surface area contributed by atoms with Gasteiger partial charge in [-0.3, -0.25) is 4.72 Å². The predicted octanol–water partition coefficient (Wildman–Crippen LogP) is 4.26. The minimum Gasteiger partial charge on any atom is -0.323 e. The summed E-state index contributed by atoms with van der Waals surface area (Å²) < 4.78 is 27.0. The van der Waals surface area contributed by atoms with Crippen LogP contribution in [0.3, 0.4) is 0 Å². The van der Waals surface area contributed by atoms with Gasteiger partial charge in [-0.05, 0) is 42.3 Å². The average molecular weight is 440 g/mol. The highest BCUT2D eigenvalue weighted by atomic mass is 79.9. The van der Waals surface area contributed by atoms with Gasteiger partial charge in [0.25, 0.3) is 0 Å². The van der Waals surface area contributed by atoms with Crippen LogP contribution in [0.15, 0.2) is 53.0 Å². The van der Waals surface area contributed by atoms with Gasteiger partial charge in [-0.25, -0.2) is 13.2 Å². The first-order valence-electron chi connectivity index (χ1n) is 8.17. The van der Waals surface area contributed by atoms with E-state index >= 15 is 0 Å². The molecular formula is C18H22BrN3O3S. The van der Waals surface area contributed by atoms with Crippen molar-refractivity contribution in [2.45, 2.75) is 19.9 Å². The second-order valence-corrected chi connectivity index (χ2v) is 8.57. The number of benzene rings is 2. The van der Waals surface area contributed by atoms with Crippen molar-refractivity contribution in [1.82, 2.24) is 4.90 Å². The van der Waals surface area contributed by atoms with E-state index in [1.165, 1.54) is 0 Å². The maximum atomic E-state index is 12.3. The second-order valence-electron chi connectivity index (χ2n) is 5.88. The quantitative estimate of drug-likeness (QED) is 0.675. The number of halogens is 1. The molecule has 0 aromatic heterocycles. The Hall–Kier alpha value is -2.06. The minimum absolute atomic E-state index is 0.0747. The number of carbonyl (C=O) groups excluding carboxylic acids is 1. The zero-order chi connectivity index (χ0) is 19.2. The van der Waals surface area contributed by atoms with Crippen molar-refractivity contribution in [2.24, 2.45) is 0 Å². The molecule has 2 aromatic carbocycles. The first-order valence-corrected chi connectivity index (χ1v) is 10.6. The molecule has 2 rings (SSSR count). The number of hydrogen-bond donors (Lipinski definition) is 2. The molecule has 2 N–H and O–H groups in total. The zero-order valence-corrected chi connectivity index (χ0v) is 17.1. The van der Waals surface area contributed by atoms with E-state index in [1.54, 1.807) is 36.2 Å². The van der Waals surface area contributed by atoms with Gasteiger partial charge in [0.1, 0.15) is 0 Å². The number of rotatable bonds is 7. The van der Waals surface area contributed by atoms with Crippen LogP contribution in [-0.4, -0.2) is 32.1 Å². The summed E-state index contributed by atoms with van der Waals surface area (Å²) in [6.45, 7) is 2.27. The van der Waals surface area contributed by atoms with Crippen LogP contribution in [0.4, 0.5) is 16.2 Å². The van der Waals surface area contributed by atoms with Crippen LogP contribution in [-0.2, 0) is 16.6 Å². The van der Waals surface area contributed by atoms with Crippen molar-refractivity contribution < 1.29 is 13.2 Å². The Morgan fingerprint density at radius 3 is 2.31 bits per heavy atom. The molecule has 0 saturated carbocycles. The molecule has 0 unspecified atom stereocenters. The van der Waals surface area contributed by atoms with Crippen molar-refractivity contribution in [1.29, 1.82) is 0 Å².